The highest BCUT2D eigenvalue weighted by Gasteiger charge is 2.44. The van der Waals surface area contributed by atoms with Crippen LogP contribution in [0.4, 0.5) is 10.5 Å². The molecule has 1 aliphatic carbocycles. The minimum Gasteiger partial charge on any atom is -0.373 e. The highest BCUT2D eigenvalue weighted by molar-refractivity contribution is 5.98. The molecule has 1 atom stereocenters. The van der Waals surface area contributed by atoms with Crippen molar-refractivity contribution in [3.05, 3.63) is 62.5 Å². The fraction of sp³-hybridized carbons (Fsp3) is 0.368. The monoisotopic (exact) mass is 371 g/mol. The Morgan fingerprint density at radius 1 is 1.22 bits per heavy atom. The van der Waals surface area contributed by atoms with Gasteiger partial charge in [0.1, 0.15) is 0 Å². The molecule has 0 aromatic heterocycles. The van der Waals surface area contributed by atoms with E-state index in [1.165, 1.54) is 6.07 Å². The van der Waals surface area contributed by atoms with Crippen molar-refractivity contribution < 1.29 is 19.2 Å². The lowest BCUT2D eigenvalue weighted by Gasteiger charge is -2.36. The first-order valence-electron chi connectivity index (χ1n) is 8.64. The Balaban J connectivity index is 2.25. The summed E-state index contributed by atoms with van der Waals surface area (Å²) in [6.45, 7) is 3.67. The number of primary amides is 1. The lowest BCUT2D eigenvalue weighted by atomic mass is 9.77. The number of nitrogens with zero attached hydrogens (tertiary/aromatic N) is 2. The van der Waals surface area contributed by atoms with E-state index in [1.54, 1.807) is 25.1 Å². The summed E-state index contributed by atoms with van der Waals surface area (Å²) in [5, 5.41) is 11.6. The molecule has 0 saturated heterocycles. The van der Waals surface area contributed by atoms with Gasteiger partial charge in [-0.2, -0.15) is 0 Å². The zero-order chi connectivity index (χ0) is 19.9. The van der Waals surface area contributed by atoms with Gasteiger partial charge < -0.3 is 15.4 Å². The molecule has 8 heteroatoms. The van der Waals surface area contributed by atoms with Crippen LogP contribution in [0.2, 0.25) is 0 Å². The summed E-state index contributed by atoms with van der Waals surface area (Å²) in [7, 11) is 1.82. The minimum absolute atomic E-state index is 0.0739. The Morgan fingerprint density at radius 3 is 2.41 bits per heavy atom. The number of benzene rings is 1. The quantitative estimate of drug-likeness (QED) is 0.376. The predicted molar refractivity (Wildman–Crippen MR) is 97.4 cm³/mol. The van der Waals surface area contributed by atoms with Gasteiger partial charge in [0, 0.05) is 36.0 Å². The number of esters is 1. The molecule has 2 N–H and O–H groups in total. The van der Waals surface area contributed by atoms with Crippen molar-refractivity contribution in [3.63, 3.8) is 0 Å². The number of allylic oxidation sites excluding steroid dienone is 3. The number of para-hydroxylation sites is 1. The van der Waals surface area contributed by atoms with E-state index in [0.29, 0.717) is 11.3 Å². The second kappa shape index (κ2) is 6.86. The molecule has 1 fully saturated rings. The second-order valence-corrected chi connectivity index (χ2v) is 6.83. The highest BCUT2D eigenvalue weighted by Crippen LogP contribution is 2.52. The molecule has 0 bridgehead atoms. The van der Waals surface area contributed by atoms with E-state index in [2.05, 4.69) is 4.74 Å². The summed E-state index contributed by atoms with van der Waals surface area (Å²) in [5.74, 6) is -1.29. The van der Waals surface area contributed by atoms with Crippen molar-refractivity contribution in [2.24, 2.45) is 11.7 Å². The van der Waals surface area contributed by atoms with Crippen LogP contribution in [0, 0.1) is 16.0 Å². The van der Waals surface area contributed by atoms with Crippen LogP contribution in [0.3, 0.4) is 0 Å². The van der Waals surface area contributed by atoms with E-state index in [1.807, 2.05) is 18.9 Å². The van der Waals surface area contributed by atoms with Crippen molar-refractivity contribution in [2.45, 2.75) is 32.6 Å². The van der Waals surface area contributed by atoms with E-state index >= 15 is 0 Å². The Morgan fingerprint density at radius 2 is 1.85 bits per heavy atom. The van der Waals surface area contributed by atoms with Gasteiger partial charge in [-0.3, -0.25) is 10.1 Å². The molecule has 142 valence electrons. The van der Waals surface area contributed by atoms with Crippen LogP contribution in [0.5, 0.6) is 0 Å². The van der Waals surface area contributed by atoms with E-state index in [-0.39, 0.29) is 17.2 Å². The zero-order valence-electron chi connectivity index (χ0n) is 15.4. The van der Waals surface area contributed by atoms with Crippen molar-refractivity contribution in [1.82, 2.24) is 4.90 Å². The first-order valence-corrected chi connectivity index (χ1v) is 8.64. The number of nitrogens with two attached hydrogens (primary N) is 1. The van der Waals surface area contributed by atoms with Crippen molar-refractivity contribution >= 4 is 17.7 Å². The number of amides is 1. The van der Waals surface area contributed by atoms with Crippen molar-refractivity contribution in [3.8, 4) is 0 Å². The van der Waals surface area contributed by atoms with Crippen LogP contribution >= 0.6 is 0 Å². The van der Waals surface area contributed by atoms with Gasteiger partial charge in [-0.05, 0) is 38.2 Å². The Kier molecular flexibility index (Phi) is 4.73. The number of carbonyl (C=O) groups excluding carboxylic acids is 2. The first-order chi connectivity index (χ1) is 12.7. The second-order valence-electron chi connectivity index (χ2n) is 6.83. The molecule has 3 rings (SSSR count). The Labute approximate surface area is 156 Å². The fourth-order valence-corrected chi connectivity index (χ4v) is 3.76. The maximum atomic E-state index is 12.7. The molecular weight excluding hydrogens is 350 g/mol. The number of hydrogen-bond acceptors (Lipinski definition) is 6. The number of hydrogen-bond donors (Lipinski definition) is 1. The van der Waals surface area contributed by atoms with Gasteiger partial charge in [0.2, 0.25) is 0 Å². The minimum atomic E-state index is -1.21. The van der Waals surface area contributed by atoms with Gasteiger partial charge in [-0.1, -0.05) is 18.2 Å². The van der Waals surface area contributed by atoms with Crippen LogP contribution in [-0.2, 0) is 9.53 Å². The maximum Gasteiger partial charge on any atom is 0.412 e. The third-order valence-corrected chi connectivity index (χ3v) is 5.29. The third-order valence-electron chi connectivity index (χ3n) is 5.29. The molecule has 0 spiro atoms. The van der Waals surface area contributed by atoms with E-state index in [9.17, 15) is 19.7 Å². The lowest BCUT2D eigenvalue weighted by molar-refractivity contribution is -0.385. The van der Waals surface area contributed by atoms with E-state index in [4.69, 9.17) is 5.73 Å². The molecule has 1 saturated carbocycles. The topological polar surface area (TPSA) is 116 Å². The summed E-state index contributed by atoms with van der Waals surface area (Å²) in [5.41, 5.74) is 8.06. The van der Waals surface area contributed by atoms with E-state index in [0.717, 1.165) is 24.1 Å². The summed E-state index contributed by atoms with van der Waals surface area (Å²) in [6, 6.07) is 6.35. The maximum absolute atomic E-state index is 12.7. The lowest BCUT2D eigenvalue weighted by Crippen LogP contribution is -2.32. The number of nitro groups is 1. The molecule has 0 radical (unpaired) electrons. The summed E-state index contributed by atoms with van der Waals surface area (Å²) in [4.78, 5) is 36.9. The van der Waals surface area contributed by atoms with Crippen molar-refractivity contribution in [2.75, 3.05) is 7.05 Å². The van der Waals surface area contributed by atoms with Crippen LogP contribution in [0.1, 0.15) is 38.2 Å². The molecule has 1 unspecified atom stereocenters. The Bertz CT molecular complexity index is 898. The largest absolute Gasteiger partial charge is 0.412 e. The number of carbonyl (C=O) groups is 2. The summed E-state index contributed by atoms with van der Waals surface area (Å²) < 4.78 is 4.67. The Hall–Kier alpha value is -3.16. The van der Waals surface area contributed by atoms with Gasteiger partial charge in [-0.15, -0.1) is 0 Å². The zero-order valence-corrected chi connectivity index (χ0v) is 15.4. The molecule has 2 aliphatic rings. The molecule has 1 aromatic rings. The van der Waals surface area contributed by atoms with E-state index < -0.39 is 22.9 Å². The smallest absolute Gasteiger partial charge is 0.373 e. The van der Waals surface area contributed by atoms with Crippen LogP contribution < -0.4 is 5.73 Å². The molecule has 1 heterocycles. The van der Waals surface area contributed by atoms with Gasteiger partial charge in [0.05, 0.1) is 10.5 Å². The molecule has 1 amide bonds. The first kappa shape index (κ1) is 18.6. The summed E-state index contributed by atoms with van der Waals surface area (Å²) in [6.07, 6.45) is 0.701. The van der Waals surface area contributed by atoms with Gasteiger partial charge in [0.15, 0.2) is 0 Å². The van der Waals surface area contributed by atoms with Crippen LogP contribution in [0.25, 0.3) is 0 Å². The number of rotatable bonds is 4. The van der Waals surface area contributed by atoms with Crippen LogP contribution in [-0.4, -0.2) is 28.9 Å². The number of nitro benzene ring substituents is 1. The standard InChI is InChI=1S/C19H21N3O5/c1-10-15(12-8-9-12)17(13-6-4-5-7-14(13)22(25)26)16(11(2)21(10)3)18(23)27-19(20)24/h4-7,12,17H,8-9H2,1-3H3,(H2,20,24). The van der Waals surface area contributed by atoms with Crippen molar-refractivity contribution in [1.29, 1.82) is 0 Å². The van der Waals surface area contributed by atoms with Gasteiger partial charge in [0.25, 0.3) is 5.69 Å². The van der Waals surface area contributed by atoms with Gasteiger partial charge in [-0.25, -0.2) is 9.59 Å². The van der Waals surface area contributed by atoms with Gasteiger partial charge >= 0.3 is 12.1 Å². The summed E-state index contributed by atoms with van der Waals surface area (Å²) >= 11 is 0. The molecular formula is C19H21N3O5. The molecule has 1 aromatic carbocycles. The highest BCUT2D eigenvalue weighted by atomic mass is 16.6. The average molecular weight is 371 g/mol. The number of ether oxygens (including phenoxy) is 1. The predicted octanol–water partition coefficient (Wildman–Crippen LogP) is 3.20. The van der Waals surface area contributed by atoms with Crippen LogP contribution in [0.15, 0.2) is 46.8 Å². The molecule has 1 aliphatic heterocycles. The normalized spacial score (nSPS) is 20.0. The third kappa shape index (κ3) is 3.30. The average Bonchev–Trinajstić information content (AvgIpc) is 3.43. The molecule has 27 heavy (non-hydrogen) atoms. The fourth-order valence-electron chi connectivity index (χ4n) is 3.76. The SMILES string of the molecule is CC1=C(C(=O)OC(N)=O)C(c2ccccc2[N+](=O)[O-])C(C2CC2)=C(C)N1C. The molecule has 8 nitrogen and oxygen atoms in total.